The predicted octanol–water partition coefficient (Wildman–Crippen LogP) is 1.09. The van der Waals surface area contributed by atoms with Gasteiger partial charge in [0.25, 0.3) is 10.1 Å². The van der Waals surface area contributed by atoms with Crippen molar-refractivity contribution in [1.29, 1.82) is 0 Å². The molecule has 6 heteroatoms. The molecular weight excluding hydrogens is 244 g/mol. The van der Waals surface area contributed by atoms with E-state index >= 15 is 0 Å². The molecule has 0 saturated carbocycles. The molecule has 94 valence electrons. The summed E-state index contributed by atoms with van der Waals surface area (Å²) in [7, 11) is -3.65. The van der Waals surface area contributed by atoms with Crippen molar-refractivity contribution in [3.05, 3.63) is 35.9 Å². The van der Waals surface area contributed by atoms with E-state index in [-0.39, 0.29) is 6.61 Å². The van der Waals surface area contributed by atoms with Gasteiger partial charge >= 0.3 is 5.97 Å². The number of ether oxygens (including phenoxy) is 1. The summed E-state index contributed by atoms with van der Waals surface area (Å²) in [4.78, 5) is 11.4. The molecule has 0 spiro atoms. The fourth-order valence-corrected chi connectivity index (χ4v) is 1.75. The monoisotopic (exact) mass is 258 g/mol. The third-order valence-electron chi connectivity index (χ3n) is 1.87. The fraction of sp³-hybridized carbons (Fsp3) is 0.364. The molecule has 1 rings (SSSR count). The molecule has 0 amide bonds. The Hall–Kier alpha value is -1.40. The molecule has 17 heavy (non-hydrogen) atoms. The molecule has 5 nitrogen and oxygen atoms in total. The van der Waals surface area contributed by atoms with E-state index in [0.717, 1.165) is 11.8 Å². The Morgan fingerprint density at radius 2 is 1.88 bits per heavy atom. The third-order valence-corrected chi connectivity index (χ3v) is 2.51. The molecule has 0 unspecified atom stereocenters. The Bertz CT molecular complexity index is 466. The molecule has 0 saturated heterocycles. The molecule has 0 N–H and O–H groups in total. The third kappa shape index (κ3) is 5.46. The maximum Gasteiger partial charge on any atom is 0.336 e. The van der Waals surface area contributed by atoms with Crippen molar-refractivity contribution in [2.45, 2.75) is 19.6 Å². The van der Waals surface area contributed by atoms with Crippen LogP contribution in [0, 0.1) is 0 Å². The Kier molecular flexibility index (Phi) is 4.65. The number of carbonyl (C=O) groups is 1. The average molecular weight is 258 g/mol. The fourth-order valence-electron chi connectivity index (χ4n) is 1.15. The summed E-state index contributed by atoms with van der Waals surface area (Å²) < 4.78 is 31.0. The normalized spacial score (nSPS) is 13.1. The minimum Gasteiger partial charge on any atom is -0.459 e. The molecule has 1 aromatic carbocycles. The van der Waals surface area contributed by atoms with E-state index in [4.69, 9.17) is 4.74 Å². The van der Waals surface area contributed by atoms with Gasteiger partial charge in [0.1, 0.15) is 6.61 Å². The summed E-state index contributed by atoms with van der Waals surface area (Å²) in [5.41, 5.74) is 0.826. The first-order valence-corrected chi connectivity index (χ1v) is 6.79. The Morgan fingerprint density at radius 3 is 2.41 bits per heavy atom. The minimum absolute atomic E-state index is 0.0944. The zero-order valence-corrected chi connectivity index (χ0v) is 10.4. The lowest BCUT2D eigenvalue weighted by Crippen LogP contribution is -2.25. The largest absolute Gasteiger partial charge is 0.459 e. The standard InChI is InChI=1S/C11H14O5S/c1-9(16-17(2,13)14)11(12)15-8-10-6-4-3-5-7-10/h3-7,9H,8H2,1-2H3/t9-/m0/s1. The van der Waals surface area contributed by atoms with Gasteiger partial charge in [-0.3, -0.25) is 4.18 Å². The number of hydrogen-bond donors (Lipinski definition) is 0. The van der Waals surface area contributed by atoms with E-state index in [1.54, 1.807) is 12.1 Å². The summed E-state index contributed by atoms with van der Waals surface area (Å²) >= 11 is 0. The number of hydrogen-bond acceptors (Lipinski definition) is 5. The quantitative estimate of drug-likeness (QED) is 0.584. The van der Waals surface area contributed by atoms with Gasteiger partial charge in [-0.15, -0.1) is 0 Å². The molecule has 0 bridgehead atoms. The summed E-state index contributed by atoms with van der Waals surface area (Å²) in [6.07, 6.45) is -0.248. The molecule has 1 atom stereocenters. The van der Waals surface area contributed by atoms with E-state index in [2.05, 4.69) is 4.18 Å². The molecule has 0 aliphatic heterocycles. The number of carbonyl (C=O) groups excluding carboxylic acids is 1. The van der Waals surface area contributed by atoms with Gasteiger partial charge in [-0.1, -0.05) is 30.3 Å². The zero-order chi connectivity index (χ0) is 12.9. The Labute approximate surface area is 100 Å². The van der Waals surface area contributed by atoms with Crippen LogP contribution in [-0.4, -0.2) is 26.7 Å². The lowest BCUT2D eigenvalue weighted by Gasteiger charge is -2.10. The SMILES string of the molecule is C[C@H](OS(C)(=O)=O)C(=O)OCc1ccccc1. The molecule has 0 aromatic heterocycles. The van der Waals surface area contributed by atoms with Crippen LogP contribution in [0.2, 0.25) is 0 Å². The van der Waals surface area contributed by atoms with Crippen LogP contribution < -0.4 is 0 Å². The van der Waals surface area contributed by atoms with Crippen molar-refractivity contribution in [3.63, 3.8) is 0 Å². The van der Waals surface area contributed by atoms with E-state index in [1.165, 1.54) is 6.92 Å². The van der Waals surface area contributed by atoms with Gasteiger partial charge in [-0.25, -0.2) is 4.79 Å². The number of rotatable bonds is 5. The molecule has 0 aliphatic carbocycles. The van der Waals surface area contributed by atoms with Crippen LogP contribution in [-0.2, 0) is 30.4 Å². The van der Waals surface area contributed by atoms with Gasteiger partial charge in [-0.05, 0) is 12.5 Å². The second-order valence-corrected chi connectivity index (χ2v) is 5.14. The van der Waals surface area contributed by atoms with Crippen molar-refractivity contribution < 1.29 is 22.1 Å². The lowest BCUT2D eigenvalue weighted by atomic mass is 10.2. The van der Waals surface area contributed by atoms with E-state index < -0.39 is 22.2 Å². The molecule has 0 aliphatic rings. The first-order valence-electron chi connectivity index (χ1n) is 4.97. The van der Waals surface area contributed by atoms with Gasteiger partial charge in [0.15, 0.2) is 6.10 Å². The van der Waals surface area contributed by atoms with E-state index in [0.29, 0.717) is 0 Å². The maximum absolute atomic E-state index is 11.4. The molecule has 1 aromatic rings. The predicted molar refractivity (Wildman–Crippen MR) is 61.6 cm³/mol. The van der Waals surface area contributed by atoms with Gasteiger partial charge < -0.3 is 4.74 Å². The molecule has 0 radical (unpaired) electrons. The maximum atomic E-state index is 11.4. The van der Waals surface area contributed by atoms with Crippen molar-refractivity contribution in [3.8, 4) is 0 Å². The Balaban J connectivity index is 2.45. The highest BCUT2D eigenvalue weighted by atomic mass is 32.2. The number of benzene rings is 1. The van der Waals surface area contributed by atoms with Crippen LogP contribution in [0.3, 0.4) is 0 Å². The molecular formula is C11H14O5S. The molecule has 0 fully saturated rings. The van der Waals surface area contributed by atoms with Crippen LogP contribution >= 0.6 is 0 Å². The van der Waals surface area contributed by atoms with Crippen LogP contribution in [0.15, 0.2) is 30.3 Å². The first kappa shape index (κ1) is 13.7. The average Bonchev–Trinajstić information content (AvgIpc) is 2.25. The zero-order valence-electron chi connectivity index (χ0n) is 9.62. The summed E-state index contributed by atoms with van der Waals surface area (Å²) in [5.74, 6) is -0.709. The van der Waals surface area contributed by atoms with Crippen molar-refractivity contribution >= 4 is 16.1 Å². The van der Waals surface area contributed by atoms with Crippen LogP contribution in [0.4, 0.5) is 0 Å². The highest BCUT2D eigenvalue weighted by molar-refractivity contribution is 7.86. The smallest absolute Gasteiger partial charge is 0.336 e. The van der Waals surface area contributed by atoms with E-state index in [1.807, 2.05) is 18.2 Å². The van der Waals surface area contributed by atoms with Gasteiger partial charge in [0, 0.05) is 0 Å². The van der Waals surface area contributed by atoms with Crippen molar-refractivity contribution in [2.24, 2.45) is 0 Å². The summed E-state index contributed by atoms with van der Waals surface area (Å²) in [6.45, 7) is 1.42. The van der Waals surface area contributed by atoms with Crippen LogP contribution in [0.1, 0.15) is 12.5 Å². The lowest BCUT2D eigenvalue weighted by molar-refractivity contribution is -0.152. The second-order valence-electron chi connectivity index (χ2n) is 3.54. The van der Waals surface area contributed by atoms with E-state index in [9.17, 15) is 13.2 Å². The van der Waals surface area contributed by atoms with Crippen molar-refractivity contribution in [2.75, 3.05) is 6.26 Å². The summed E-state index contributed by atoms with van der Waals surface area (Å²) in [5, 5.41) is 0. The highest BCUT2D eigenvalue weighted by Gasteiger charge is 2.19. The molecule has 0 heterocycles. The van der Waals surface area contributed by atoms with Crippen LogP contribution in [0.5, 0.6) is 0 Å². The van der Waals surface area contributed by atoms with Crippen LogP contribution in [0.25, 0.3) is 0 Å². The number of esters is 1. The first-order chi connectivity index (χ1) is 7.88. The Morgan fingerprint density at radius 1 is 1.29 bits per heavy atom. The topological polar surface area (TPSA) is 69.7 Å². The highest BCUT2D eigenvalue weighted by Crippen LogP contribution is 2.04. The second kappa shape index (κ2) is 5.79. The van der Waals surface area contributed by atoms with Gasteiger partial charge in [0.2, 0.25) is 0 Å². The summed E-state index contributed by atoms with van der Waals surface area (Å²) in [6, 6.07) is 9.09. The van der Waals surface area contributed by atoms with Gasteiger partial charge in [0.05, 0.1) is 6.26 Å². The minimum atomic E-state index is -3.65. The van der Waals surface area contributed by atoms with Crippen molar-refractivity contribution in [1.82, 2.24) is 0 Å². The van der Waals surface area contributed by atoms with Gasteiger partial charge in [-0.2, -0.15) is 8.42 Å².